The monoisotopic (exact) mass is 273 g/mol. The zero-order valence-electron chi connectivity index (χ0n) is 11.8. The SMILES string of the molecule is N=C(NO)c1ccc(C2CC(CN3CCCC3)C2)cc1. The number of hydrogen-bond donors (Lipinski definition) is 3. The Balaban J connectivity index is 1.50. The van der Waals surface area contributed by atoms with Crippen LogP contribution in [-0.4, -0.2) is 35.6 Å². The maximum atomic E-state index is 8.72. The normalized spacial score (nSPS) is 26.2. The Labute approximate surface area is 120 Å². The molecule has 3 N–H and O–H groups in total. The lowest BCUT2D eigenvalue weighted by molar-refractivity contribution is 0.180. The van der Waals surface area contributed by atoms with Gasteiger partial charge in [0.25, 0.3) is 0 Å². The van der Waals surface area contributed by atoms with E-state index in [0.29, 0.717) is 5.92 Å². The fraction of sp³-hybridized carbons (Fsp3) is 0.562. The van der Waals surface area contributed by atoms with Gasteiger partial charge in [-0.2, -0.15) is 0 Å². The van der Waals surface area contributed by atoms with Crippen molar-refractivity contribution in [2.45, 2.75) is 31.6 Å². The molecule has 2 fully saturated rings. The van der Waals surface area contributed by atoms with Crippen molar-refractivity contribution in [2.24, 2.45) is 5.92 Å². The lowest BCUT2D eigenvalue weighted by Gasteiger charge is -2.38. The molecular weight excluding hydrogens is 250 g/mol. The molecule has 1 heterocycles. The molecular formula is C16H23N3O. The first-order chi connectivity index (χ1) is 9.76. The van der Waals surface area contributed by atoms with Crippen LogP contribution in [0.1, 0.15) is 42.7 Å². The number of amidine groups is 1. The van der Waals surface area contributed by atoms with Crippen LogP contribution in [0.5, 0.6) is 0 Å². The number of nitrogens with zero attached hydrogens (tertiary/aromatic N) is 1. The van der Waals surface area contributed by atoms with Gasteiger partial charge in [-0.3, -0.25) is 16.1 Å². The van der Waals surface area contributed by atoms with Crippen molar-refractivity contribution >= 4 is 5.84 Å². The van der Waals surface area contributed by atoms with Crippen molar-refractivity contribution in [1.29, 1.82) is 5.41 Å². The Morgan fingerprint density at radius 1 is 1.20 bits per heavy atom. The number of rotatable bonds is 4. The molecule has 1 aromatic carbocycles. The Kier molecular flexibility index (Phi) is 4.03. The van der Waals surface area contributed by atoms with E-state index in [1.165, 1.54) is 50.9 Å². The van der Waals surface area contributed by atoms with Crippen molar-refractivity contribution in [3.8, 4) is 0 Å². The van der Waals surface area contributed by atoms with E-state index in [-0.39, 0.29) is 5.84 Å². The lowest BCUT2D eigenvalue weighted by Crippen LogP contribution is -2.34. The highest BCUT2D eigenvalue weighted by atomic mass is 16.5. The van der Waals surface area contributed by atoms with Gasteiger partial charge in [-0.05, 0) is 56.2 Å². The zero-order valence-corrected chi connectivity index (χ0v) is 11.8. The molecule has 1 saturated heterocycles. The van der Waals surface area contributed by atoms with Gasteiger partial charge in [0.1, 0.15) is 5.84 Å². The van der Waals surface area contributed by atoms with Gasteiger partial charge in [-0.1, -0.05) is 24.3 Å². The summed E-state index contributed by atoms with van der Waals surface area (Å²) in [6.45, 7) is 3.88. The molecule has 0 radical (unpaired) electrons. The molecule has 4 heteroatoms. The predicted octanol–water partition coefficient (Wildman–Crippen LogP) is 2.58. The van der Waals surface area contributed by atoms with Crippen molar-refractivity contribution in [1.82, 2.24) is 10.4 Å². The van der Waals surface area contributed by atoms with Gasteiger partial charge in [0.2, 0.25) is 0 Å². The number of likely N-dealkylation sites (tertiary alicyclic amines) is 1. The van der Waals surface area contributed by atoms with E-state index < -0.39 is 0 Å². The average molecular weight is 273 g/mol. The summed E-state index contributed by atoms with van der Waals surface area (Å²) >= 11 is 0. The maximum Gasteiger partial charge on any atom is 0.149 e. The third kappa shape index (κ3) is 2.86. The smallest absolute Gasteiger partial charge is 0.149 e. The average Bonchev–Trinajstić information content (AvgIpc) is 2.95. The van der Waals surface area contributed by atoms with E-state index in [1.807, 2.05) is 17.6 Å². The van der Waals surface area contributed by atoms with Crippen LogP contribution in [0.3, 0.4) is 0 Å². The lowest BCUT2D eigenvalue weighted by atomic mass is 9.71. The fourth-order valence-electron chi connectivity index (χ4n) is 3.47. The second kappa shape index (κ2) is 5.94. The molecule has 4 nitrogen and oxygen atoms in total. The van der Waals surface area contributed by atoms with Crippen LogP contribution in [0.25, 0.3) is 0 Å². The van der Waals surface area contributed by atoms with Crippen LogP contribution >= 0.6 is 0 Å². The summed E-state index contributed by atoms with van der Waals surface area (Å²) in [5.74, 6) is 1.61. The van der Waals surface area contributed by atoms with Crippen LogP contribution in [-0.2, 0) is 0 Å². The molecule has 0 spiro atoms. The van der Waals surface area contributed by atoms with E-state index in [9.17, 15) is 0 Å². The molecule has 1 aliphatic carbocycles. The van der Waals surface area contributed by atoms with Gasteiger partial charge in [-0.15, -0.1) is 0 Å². The first-order valence-corrected chi connectivity index (χ1v) is 7.57. The highest BCUT2D eigenvalue weighted by molar-refractivity contribution is 5.95. The molecule has 0 aromatic heterocycles. The molecule has 0 amide bonds. The zero-order chi connectivity index (χ0) is 13.9. The van der Waals surface area contributed by atoms with Crippen LogP contribution in [0.15, 0.2) is 24.3 Å². The Morgan fingerprint density at radius 2 is 1.85 bits per heavy atom. The van der Waals surface area contributed by atoms with Crippen molar-refractivity contribution in [3.05, 3.63) is 35.4 Å². The number of nitrogens with one attached hydrogen (secondary N) is 2. The molecule has 108 valence electrons. The third-order valence-corrected chi connectivity index (χ3v) is 4.73. The molecule has 3 rings (SSSR count). The van der Waals surface area contributed by atoms with Crippen molar-refractivity contribution in [2.75, 3.05) is 19.6 Å². The van der Waals surface area contributed by atoms with Gasteiger partial charge < -0.3 is 4.90 Å². The minimum Gasteiger partial charge on any atom is -0.303 e. The topological polar surface area (TPSA) is 59.4 Å². The first kappa shape index (κ1) is 13.6. The molecule has 20 heavy (non-hydrogen) atoms. The van der Waals surface area contributed by atoms with Gasteiger partial charge >= 0.3 is 0 Å². The van der Waals surface area contributed by atoms with Gasteiger partial charge in [0, 0.05) is 12.1 Å². The fourth-order valence-corrected chi connectivity index (χ4v) is 3.47. The predicted molar refractivity (Wildman–Crippen MR) is 79.3 cm³/mol. The molecule has 0 bridgehead atoms. The summed E-state index contributed by atoms with van der Waals surface area (Å²) in [6.07, 6.45) is 5.35. The molecule has 1 aromatic rings. The number of hydrogen-bond acceptors (Lipinski definition) is 3. The van der Waals surface area contributed by atoms with Crippen molar-refractivity contribution in [3.63, 3.8) is 0 Å². The summed E-state index contributed by atoms with van der Waals surface area (Å²) in [6, 6.07) is 8.01. The second-order valence-electron chi connectivity index (χ2n) is 6.15. The highest BCUT2D eigenvalue weighted by Gasteiger charge is 2.31. The second-order valence-corrected chi connectivity index (χ2v) is 6.15. The van der Waals surface area contributed by atoms with Gasteiger partial charge in [0.05, 0.1) is 0 Å². The number of benzene rings is 1. The van der Waals surface area contributed by atoms with Crippen LogP contribution in [0, 0.1) is 11.3 Å². The molecule has 2 aliphatic rings. The number of hydroxylamine groups is 1. The van der Waals surface area contributed by atoms with Crippen LogP contribution in [0.4, 0.5) is 0 Å². The molecule has 1 aliphatic heterocycles. The summed E-state index contributed by atoms with van der Waals surface area (Å²) in [5, 5.41) is 16.2. The Morgan fingerprint density at radius 3 is 2.45 bits per heavy atom. The summed E-state index contributed by atoms with van der Waals surface area (Å²) < 4.78 is 0. The minimum absolute atomic E-state index is 0.0528. The van der Waals surface area contributed by atoms with E-state index in [4.69, 9.17) is 10.6 Å². The summed E-state index contributed by atoms with van der Waals surface area (Å²) in [4.78, 5) is 2.61. The third-order valence-electron chi connectivity index (χ3n) is 4.73. The molecule has 0 atom stereocenters. The minimum atomic E-state index is 0.0528. The molecule has 0 unspecified atom stereocenters. The van der Waals surface area contributed by atoms with Gasteiger partial charge in [0.15, 0.2) is 0 Å². The maximum absolute atomic E-state index is 8.72. The van der Waals surface area contributed by atoms with Crippen molar-refractivity contribution < 1.29 is 5.21 Å². The van der Waals surface area contributed by atoms with E-state index in [1.54, 1.807) is 0 Å². The van der Waals surface area contributed by atoms with Crippen LogP contribution in [0.2, 0.25) is 0 Å². The van der Waals surface area contributed by atoms with E-state index in [0.717, 1.165) is 11.5 Å². The van der Waals surface area contributed by atoms with E-state index in [2.05, 4.69) is 17.0 Å². The van der Waals surface area contributed by atoms with Gasteiger partial charge in [-0.25, -0.2) is 0 Å². The molecule has 1 saturated carbocycles. The quantitative estimate of drug-likeness (QED) is 0.449. The standard InChI is InChI=1S/C16H23N3O/c17-16(18-20)14-5-3-13(4-6-14)15-9-12(10-15)11-19-7-1-2-8-19/h3-6,12,15,20H,1-2,7-11H2,(H2,17,18). The largest absolute Gasteiger partial charge is 0.303 e. The van der Waals surface area contributed by atoms with E-state index >= 15 is 0 Å². The Bertz CT molecular complexity index is 459. The Hall–Kier alpha value is -1.39. The summed E-state index contributed by atoms with van der Waals surface area (Å²) in [5.41, 5.74) is 3.98. The van der Waals surface area contributed by atoms with Crippen LogP contribution < -0.4 is 5.48 Å². The summed E-state index contributed by atoms with van der Waals surface area (Å²) in [7, 11) is 0. The first-order valence-electron chi connectivity index (χ1n) is 7.57. The highest BCUT2D eigenvalue weighted by Crippen LogP contribution is 2.42.